The smallest absolute Gasteiger partial charge is 0.273 e. The molecule has 2 heterocycles. The molecule has 4 aromatic rings. The van der Waals surface area contributed by atoms with Crippen molar-refractivity contribution >= 4 is 28.9 Å². The predicted octanol–water partition coefficient (Wildman–Crippen LogP) is 4.68. The van der Waals surface area contributed by atoms with Crippen LogP contribution in [0, 0.1) is 10.1 Å². The van der Waals surface area contributed by atoms with Crippen molar-refractivity contribution in [3.63, 3.8) is 0 Å². The quantitative estimate of drug-likeness (QED) is 0.272. The van der Waals surface area contributed by atoms with Gasteiger partial charge < -0.3 is 13.7 Å². The standard InChI is InChI=1S/C21H19N5O4/c1-3-25-18-7-5-4-6-17(18)23-21(25)24-22-13-15-9-11-19(30-15)16-10-8-14(26(27)28)12-20(16)29-2/h4-13H,3H2,1-2H3,(H,23,24)/b22-13-. The molecule has 0 atom stereocenters. The number of para-hydroxylation sites is 2. The van der Waals surface area contributed by atoms with Gasteiger partial charge in [-0.25, -0.2) is 10.4 Å². The summed E-state index contributed by atoms with van der Waals surface area (Å²) in [5.41, 5.74) is 5.44. The van der Waals surface area contributed by atoms with Crippen molar-refractivity contribution in [2.24, 2.45) is 5.10 Å². The highest BCUT2D eigenvalue weighted by molar-refractivity contribution is 5.80. The second-order valence-electron chi connectivity index (χ2n) is 6.38. The molecule has 2 aromatic heterocycles. The third-order valence-corrected chi connectivity index (χ3v) is 4.62. The number of hydrogen-bond donors (Lipinski definition) is 1. The Hall–Kier alpha value is -4.14. The largest absolute Gasteiger partial charge is 0.496 e. The van der Waals surface area contributed by atoms with Crippen molar-refractivity contribution in [2.75, 3.05) is 12.5 Å². The summed E-state index contributed by atoms with van der Waals surface area (Å²) < 4.78 is 13.1. The number of furan rings is 1. The fourth-order valence-electron chi connectivity index (χ4n) is 3.20. The summed E-state index contributed by atoms with van der Waals surface area (Å²) in [6.07, 6.45) is 1.54. The molecule has 152 valence electrons. The molecule has 0 bridgehead atoms. The second-order valence-corrected chi connectivity index (χ2v) is 6.38. The number of rotatable bonds is 7. The molecule has 0 spiro atoms. The molecule has 0 aliphatic heterocycles. The van der Waals surface area contributed by atoms with Crippen LogP contribution in [0.2, 0.25) is 0 Å². The fraction of sp³-hybridized carbons (Fsp3) is 0.143. The predicted molar refractivity (Wildman–Crippen MR) is 114 cm³/mol. The van der Waals surface area contributed by atoms with Crippen LogP contribution >= 0.6 is 0 Å². The Morgan fingerprint density at radius 1 is 1.27 bits per heavy atom. The summed E-state index contributed by atoms with van der Waals surface area (Å²) in [6, 6.07) is 15.8. The molecule has 0 radical (unpaired) electrons. The van der Waals surface area contributed by atoms with Gasteiger partial charge in [0.15, 0.2) is 0 Å². The molecule has 2 aromatic carbocycles. The Balaban J connectivity index is 1.54. The van der Waals surface area contributed by atoms with Gasteiger partial charge >= 0.3 is 0 Å². The summed E-state index contributed by atoms with van der Waals surface area (Å²) in [5.74, 6) is 2.02. The molecule has 9 heteroatoms. The number of imidazole rings is 1. The number of aromatic nitrogens is 2. The molecule has 0 fully saturated rings. The van der Waals surface area contributed by atoms with Gasteiger partial charge in [0.1, 0.15) is 17.3 Å². The molecule has 30 heavy (non-hydrogen) atoms. The minimum atomic E-state index is -0.470. The van der Waals surface area contributed by atoms with E-state index in [1.807, 2.05) is 35.8 Å². The monoisotopic (exact) mass is 405 g/mol. The maximum absolute atomic E-state index is 11.0. The van der Waals surface area contributed by atoms with Crippen LogP contribution in [0.15, 0.2) is 64.1 Å². The normalized spacial score (nSPS) is 11.3. The molecule has 0 saturated carbocycles. The minimum Gasteiger partial charge on any atom is -0.496 e. The lowest BCUT2D eigenvalue weighted by Gasteiger charge is -2.05. The van der Waals surface area contributed by atoms with Gasteiger partial charge in [-0.3, -0.25) is 10.1 Å². The number of hydrazone groups is 1. The Kier molecular flexibility index (Phi) is 5.17. The number of ether oxygens (including phenoxy) is 1. The zero-order valence-electron chi connectivity index (χ0n) is 16.4. The number of nitro groups is 1. The molecule has 9 nitrogen and oxygen atoms in total. The topological polar surface area (TPSA) is 108 Å². The number of fused-ring (bicyclic) bond motifs is 1. The molecular formula is C21H19N5O4. The Bertz CT molecular complexity index is 1240. The van der Waals surface area contributed by atoms with Gasteiger partial charge in [-0.1, -0.05) is 12.1 Å². The van der Waals surface area contributed by atoms with Crippen LogP contribution in [0.5, 0.6) is 5.75 Å². The van der Waals surface area contributed by atoms with E-state index in [1.54, 1.807) is 24.4 Å². The van der Waals surface area contributed by atoms with E-state index in [1.165, 1.54) is 19.2 Å². The van der Waals surface area contributed by atoms with Crippen molar-refractivity contribution in [3.05, 3.63) is 70.5 Å². The lowest BCUT2D eigenvalue weighted by molar-refractivity contribution is -0.384. The van der Waals surface area contributed by atoms with Crippen molar-refractivity contribution in [1.29, 1.82) is 0 Å². The summed E-state index contributed by atoms with van der Waals surface area (Å²) in [4.78, 5) is 15.0. The van der Waals surface area contributed by atoms with E-state index in [2.05, 4.69) is 15.5 Å². The van der Waals surface area contributed by atoms with Gasteiger partial charge in [-0.2, -0.15) is 5.10 Å². The molecule has 1 N–H and O–H groups in total. The van der Waals surface area contributed by atoms with Crippen molar-refractivity contribution in [2.45, 2.75) is 13.5 Å². The maximum Gasteiger partial charge on any atom is 0.273 e. The first-order valence-electron chi connectivity index (χ1n) is 9.27. The third-order valence-electron chi connectivity index (χ3n) is 4.62. The van der Waals surface area contributed by atoms with E-state index in [0.29, 0.717) is 28.8 Å². The van der Waals surface area contributed by atoms with Crippen LogP contribution in [0.25, 0.3) is 22.4 Å². The zero-order valence-corrected chi connectivity index (χ0v) is 16.4. The van der Waals surface area contributed by atoms with Crippen LogP contribution in [0.1, 0.15) is 12.7 Å². The SMILES string of the molecule is CCn1c(N/N=C\c2ccc(-c3ccc([N+](=O)[O-])cc3OC)o2)nc2ccccc21. The highest BCUT2D eigenvalue weighted by atomic mass is 16.6. The Labute approximate surface area is 171 Å². The first-order valence-corrected chi connectivity index (χ1v) is 9.27. The highest BCUT2D eigenvalue weighted by Gasteiger charge is 2.15. The van der Waals surface area contributed by atoms with Crippen LogP contribution in [0.4, 0.5) is 11.6 Å². The number of nitro benzene ring substituents is 1. The van der Waals surface area contributed by atoms with Crippen LogP contribution in [-0.2, 0) is 6.54 Å². The van der Waals surface area contributed by atoms with Crippen molar-refractivity contribution in [1.82, 2.24) is 9.55 Å². The van der Waals surface area contributed by atoms with Gasteiger partial charge in [0, 0.05) is 12.6 Å². The molecule has 0 amide bonds. The first kappa shape index (κ1) is 19.2. The summed E-state index contributed by atoms with van der Waals surface area (Å²) in [7, 11) is 1.46. The van der Waals surface area contributed by atoms with Gasteiger partial charge in [0.05, 0.1) is 40.9 Å². The number of methoxy groups -OCH3 is 1. The summed E-state index contributed by atoms with van der Waals surface area (Å²) in [6.45, 7) is 2.79. The van der Waals surface area contributed by atoms with Gasteiger partial charge in [0.25, 0.3) is 5.69 Å². The summed E-state index contributed by atoms with van der Waals surface area (Å²) >= 11 is 0. The Morgan fingerprint density at radius 2 is 2.10 bits per heavy atom. The number of nitrogens with one attached hydrogen (secondary N) is 1. The number of anilines is 1. The van der Waals surface area contributed by atoms with E-state index in [4.69, 9.17) is 9.15 Å². The third kappa shape index (κ3) is 3.60. The maximum atomic E-state index is 11.0. The lowest BCUT2D eigenvalue weighted by atomic mass is 10.1. The van der Waals surface area contributed by atoms with E-state index >= 15 is 0 Å². The van der Waals surface area contributed by atoms with Gasteiger partial charge in [-0.05, 0) is 37.3 Å². The van der Waals surface area contributed by atoms with Crippen LogP contribution in [-0.4, -0.2) is 27.8 Å². The fourth-order valence-corrected chi connectivity index (χ4v) is 3.20. The van der Waals surface area contributed by atoms with Crippen LogP contribution in [0.3, 0.4) is 0 Å². The second kappa shape index (κ2) is 8.08. The molecule has 4 rings (SSSR count). The minimum absolute atomic E-state index is 0.0491. The van der Waals surface area contributed by atoms with Crippen molar-refractivity contribution in [3.8, 4) is 17.1 Å². The average molecular weight is 405 g/mol. The molecule has 0 unspecified atom stereocenters. The van der Waals surface area contributed by atoms with Gasteiger partial charge in [-0.15, -0.1) is 0 Å². The highest BCUT2D eigenvalue weighted by Crippen LogP contribution is 2.34. The zero-order chi connectivity index (χ0) is 21.1. The average Bonchev–Trinajstić information content (AvgIpc) is 3.37. The number of nitrogens with zero attached hydrogens (tertiary/aromatic N) is 4. The Morgan fingerprint density at radius 3 is 2.87 bits per heavy atom. The first-order chi connectivity index (χ1) is 14.6. The molecule has 0 aliphatic rings. The number of aryl methyl sites for hydroxylation is 1. The van der Waals surface area contributed by atoms with E-state index in [9.17, 15) is 10.1 Å². The van der Waals surface area contributed by atoms with E-state index in [0.717, 1.165) is 17.6 Å². The lowest BCUT2D eigenvalue weighted by Crippen LogP contribution is -2.01. The van der Waals surface area contributed by atoms with E-state index < -0.39 is 4.92 Å². The number of benzene rings is 2. The summed E-state index contributed by atoms with van der Waals surface area (Å²) in [5, 5.41) is 15.2. The van der Waals surface area contributed by atoms with Crippen LogP contribution < -0.4 is 10.2 Å². The van der Waals surface area contributed by atoms with E-state index in [-0.39, 0.29) is 5.69 Å². The number of hydrogen-bond acceptors (Lipinski definition) is 7. The molecular weight excluding hydrogens is 386 g/mol. The van der Waals surface area contributed by atoms with Gasteiger partial charge in [0.2, 0.25) is 5.95 Å². The number of non-ortho nitro benzene ring substituents is 1. The molecule has 0 aliphatic carbocycles. The molecule has 0 saturated heterocycles. The van der Waals surface area contributed by atoms with Crippen molar-refractivity contribution < 1.29 is 14.1 Å².